The van der Waals surface area contributed by atoms with Crippen LogP contribution in [0.5, 0.6) is 0 Å². The number of halogens is 1. The lowest BCUT2D eigenvalue weighted by Crippen LogP contribution is -2.55. The van der Waals surface area contributed by atoms with E-state index in [2.05, 4.69) is 23.0 Å². The van der Waals surface area contributed by atoms with Gasteiger partial charge in [0.1, 0.15) is 6.61 Å². The summed E-state index contributed by atoms with van der Waals surface area (Å²) in [6.07, 6.45) is 2.32. The van der Waals surface area contributed by atoms with E-state index in [1.54, 1.807) is 6.92 Å². The van der Waals surface area contributed by atoms with Gasteiger partial charge in [0.2, 0.25) is 15.0 Å². The maximum absolute atomic E-state index is 11.9. The van der Waals surface area contributed by atoms with Crippen molar-refractivity contribution in [3.05, 3.63) is 25.3 Å². The van der Waals surface area contributed by atoms with Gasteiger partial charge < -0.3 is 19.9 Å². The van der Waals surface area contributed by atoms with Crippen molar-refractivity contribution in [3.8, 4) is 0 Å². The Balaban J connectivity index is 4.83. The van der Waals surface area contributed by atoms with Crippen molar-refractivity contribution in [1.82, 2.24) is 5.32 Å². The summed E-state index contributed by atoms with van der Waals surface area (Å²) in [5, 5.41) is 11.7. The Bertz CT molecular complexity index is 381. The maximum atomic E-state index is 11.9. The molecule has 9 heteroatoms. The molecule has 0 aliphatic rings. The van der Waals surface area contributed by atoms with Gasteiger partial charge in [0.05, 0.1) is 12.1 Å². The second kappa shape index (κ2) is 10.4. The summed E-state index contributed by atoms with van der Waals surface area (Å²) in [5.74, 6) is -1.19. The van der Waals surface area contributed by atoms with E-state index in [9.17, 15) is 18.9 Å². The van der Waals surface area contributed by atoms with E-state index in [1.165, 1.54) is 0 Å². The van der Waals surface area contributed by atoms with Crippen LogP contribution in [0, 0.1) is 0 Å². The minimum absolute atomic E-state index is 0.224. The van der Waals surface area contributed by atoms with Crippen LogP contribution < -0.4 is 5.32 Å². The van der Waals surface area contributed by atoms with E-state index in [-0.39, 0.29) is 13.2 Å². The molecule has 0 aliphatic heterocycles. The fraction of sp³-hybridized carbons (Fsp3) is 0.500. The molecule has 0 bridgehead atoms. The topological polar surface area (TPSA) is 94.1 Å². The second-order valence-corrected chi connectivity index (χ2v) is 4.34. The Morgan fingerprint density at radius 2 is 2.10 bits per heavy atom. The first-order valence-corrected chi connectivity index (χ1v) is 6.76. The summed E-state index contributed by atoms with van der Waals surface area (Å²) in [4.78, 5) is 22.6. The number of ether oxygens (including phenoxy) is 2. The van der Waals surface area contributed by atoms with Gasteiger partial charge in [-0.05, 0) is 12.5 Å². The standard InChI is InChI=1S/C12H19FNO6P/c1-4-9(15)14-12(6-3,7-18-10(16)5-2)8-19-11(17)20-21-13/h4-5,11,17,21H,1-2,6-8H2,3H3,(H,14,15). The monoisotopic (exact) mass is 323 g/mol. The second-order valence-electron chi connectivity index (χ2n) is 3.95. The van der Waals surface area contributed by atoms with Crippen LogP contribution in [0.2, 0.25) is 0 Å². The van der Waals surface area contributed by atoms with Crippen LogP contribution in [0.4, 0.5) is 4.20 Å². The zero-order valence-electron chi connectivity index (χ0n) is 11.6. The molecule has 120 valence electrons. The molecule has 0 aromatic carbocycles. The first-order chi connectivity index (χ1) is 9.92. The Hall–Kier alpha value is -1.34. The molecule has 0 saturated heterocycles. The van der Waals surface area contributed by atoms with Crippen molar-refractivity contribution in [1.29, 1.82) is 0 Å². The van der Waals surface area contributed by atoms with E-state index < -0.39 is 33.0 Å². The highest BCUT2D eigenvalue weighted by atomic mass is 31.1. The molecule has 1 amide bonds. The number of aliphatic hydroxyl groups excluding tert-OH is 1. The normalized spacial score (nSPS) is 15.2. The number of esters is 1. The van der Waals surface area contributed by atoms with Crippen LogP contribution in [0.15, 0.2) is 25.3 Å². The zero-order chi connectivity index (χ0) is 16.3. The van der Waals surface area contributed by atoms with Gasteiger partial charge in [-0.25, -0.2) is 4.79 Å². The van der Waals surface area contributed by atoms with Crippen LogP contribution in [0.3, 0.4) is 0 Å². The van der Waals surface area contributed by atoms with Gasteiger partial charge in [0, 0.05) is 6.08 Å². The summed E-state index contributed by atoms with van der Waals surface area (Å²) in [6, 6.07) is 0. The number of aliphatic hydroxyl groups is 1. The van der Waals surface area contributed by atoms with Gasteiger partial charge in [-0.3, -0.25) is 9.32 Å². The van der Waals surface area contributed by atoms with Gasteiger partial charge in [0.15, 0.2) is 0 Å². The van der Waals surface area contributed by atoms with E-state index in [4.69, 9.17) is 9.47 Å². The summed E-state index contributed by atoms with van der Waals surface area (Å²) in [5.41, 5.74) is -1.12. The van der Waals surface area contributed by atoms with Crippen molar-refractivity contribution in [2.75, 3.05) is 13.2 Å². The fourth-order valence-electron chi connectivity index (χ4n) is 1.29. The average Bonchev–Trinajstić information content (AvgIpc) is 2.49. The highest BCUT2D eigenvalue weighted by Gasteiger charge is 2.32. The first-order valence-electron chi connectivity index (χ1n) is 5.97. The molecule has 0 aliphatic carbocycles. The highest BCUT2D eigenvalue weighted by Crippen LogP contribution is 2.18. The Labute approximate surface area is 124 Å². The molecule has 3 unspecified atom stereocenters. The Morgan fingerprint density at radius 1 is 1.43 bits per heavy atom. The minimum Gasteiger partial charge on any atom is -0.460 e. The predicted octanol–water partition coefficient (Wildman–Crippen LogP) is 0.954. The molecule has 21 heavy (non-hydrogen) atoms. The number of carbonyl (C=O) groups is 2. The third-order valence-corrected chi connectivity index (χ3v) is 2.85. The molecule has 0 spiro atoms. The molecule has 0 aromatic heterocycles. The van der Waals surface area contributed by atoms with E-state index in [0.29, 0.717) is 6.42 Å². The fourth-order valence-corrected chi connectivity index (χ4v) is 1.43. The zero-order valence-corrected chi connectivity index (χ0v) is 12.6. The van der Waals surface area contributed by atoms with Gasteiger partial charge in [-0.1, -0.05) is 20.1 Å². The maximum Gasteiger partial charge on any atom is 0.330 e. The third-order valence-electron chi connectivity index (χ3n) is 2.56. The lowest BCUT2D eigenvalue weighted by molar-refractivity contribution is -0.224. The molecule has 0 saturated carbocycles. The molecular weight excluding hydrogens is 304 g/mol. The van der Waals surface area contributed by atoms with E-state index in [1.807, 2.05) is 0 Å². The first kappa shape index (κ1) is 19.7. The number of amides is 1. The largest absolute Gasteiger partial charge is 0.460 e. The number of nitrogens with one attached hydrogen (secondary N) is 1. The van der Waals surface area contributed by atoms with Crippen LogP contribution in [-0.2, 0) is 23.6 Å². The van der Waals surface area contributed by atoms with Gasteiger partial charge in [0.25, 0.3) is 6.48 Å². The molecule has 0 fully saturated rings. The van der Waals surface area contributed by atoms with Crippen molar-refractivity contribution >= 4 is 21.0 Å². The molecule has 2 N–H and O–H groups in total. The van der Waals surface area contributed by atoms with E-state index in [0.717, 1.165) is 12.2 Å². The lowest BCUT2D eigenvalue weighted by atomic mass is 9.98. The number of carbonyl (C=O) groups excluding carboxylic acids is 2. The summed E-state index contributed by atoms with van der Waals surface area (Å²) in [6.45, 7) is 6.00. The summed E-state index contributed by atoms with van der Waals surface area (Å²) >= 11 is 0. The Kier molecular flexibility index (Phi) is 9.73. The van der Waals surface area contributed by atoms with Gasteiger partial charge in [-0.2, -0.15) is 4.20 Å². The average molecular weight is 323 g/mol. The minimum atomic E-state index is -1.78. The number of hydrogen-bond donors (Lipinski definition) is 2. The van der Waals surface area contributed by atoms with Crippen molar-refractivity contribution in [2.24, 2.45) is 0 Å². The summed E-state index contributed by atoms with van der Waals surface area (Å²) < 4.78 is 25.9. The Morgan fingerprint density at radius 3 is 2.57 bits per heavy atom. The third kappa shape index (κ3) is 7.87. The molecule has 0 radical (unpaired) electrons. The van der Waals surface area contributed by atoms with Gasteiger partial charge in [-0.15, -0.1) is 0 Å². The lowest BCUT2D eigenvalue weighted by Gasteiger charge is -2.33. The van der Waals surface area contributed by atoms with Crippen LogP contribution in [-0.4, -0.2) is 42.2 Å². The summed E-state index contributed by atoms with van der Waals surface area (Å²) in [7, 11) is -1.45. The van der Waals surface area contributed by atoms with Crippen LogP contribution in [0.1, 0.15) is 13.3 Å². The molecule has 3 atom stereocenters. The molecule has 0 heterocycles. The molecule has 7 nitrogen and oxygen atoms in total. The number of hydrogen-bond acceptors (Lipinski definition) is 6. The SMILES string of the molecule is C=CC(=O)NC(CC)(COC(=O)C=C)COC(O)OPF. The van der Waals surface area contributed by atoms with Crippen molar-refractivity contribution in [3.63, 3.8) is 0 Å². The molecular formula is C12H19FNO6P. The quantitative estimate of drug-likeness (QED) is 0.254. The molecule has 0 rings (SSSR count). The smallest absolute Gasteiger partial charge is 0.330 e. The van der Waals surface area contributed by atoms with Crippen molar-refractivity contribution < 1.29 is 32.9 Å². The van der Waals surface area contributed by atoms with Crippen LogP contribution in [0.25, 0.3) is 0 Å². The predicted molar refractivity (Wildman–Crippen MR) is 75.0 cm³/mol. The van der Waals surface area contributed by atoms with E-state index >= 15 is 0 Å². The number of rotatable bonds is 11. The van der Waals surface area contributed by atoms with Crippen molar-refractivity contribution in [2.45, 2.75) is 25.4 Å². The van der Waals surface area contributed by atoms with Gasteiger partial charge >= 0.3 is 5.97 Å². The highest BCUT2D eigenvalue weighted by molar-refractivity contribution is 7.25. The molecule has 0 aromatic rings. The van der Waals surface area contributed by atoms with Crippen LogP contribution >= 0.6 is 9.12 Å².